The maximum atomic E-state index is 13.1. The van der Waals surface area contributed by atoms with Crippen LogP contribution >= 0.6 is 28.1 Å². The van der Waals surface area contributed by atoms with Crippen molar-refractivity contribution >= 4 is 50.8 Å². The van der Waals surface area contributed by atoms with Crippen molar-refractivity contribution in [2.24, 2.45) is 0 Å². The highest BCUT2D eigenvalue weighted by atomic mass is 79.9. The minimum Gasteiger partial charge on any atom is -0.493 e. The largest absolute Gasteiger partial charge is 0.493 e. The van der Waals surface area contributed by atoms with E-state index in [1.54, 1.807) is 24.3 Å². The Morgan fingerprint density at radius 3 is 2.50 bits per heavy atom. The first-order chi connectivity index (χ1) is 15.5. The van der Waals surface area contributed by atoms with Crippen molar-refractivity contribution in [2.45, 2.75) is 39.0 Å². The van der Waals surface area contributed by atoms with E-state index >= 15 is 0 Å². The van der Waals surface area contributed by atoms with Gasteiger partial charge in [0.15, 0.2) is 5.11 Å². The van der Waals surface area contributed by atoms with Gasteiger partial charge in [0.1, 0.15) is 5.75 Å². The first-order valence-electron chi connectivity index (χ1n) is 10.9. The van der Waals surface area contributed by atoms with E-state index in [1.807, 2.05) is 30.0 Å². The number of carbonyl (C=O) groups excluding carboxylic acids is 2. The van der Waals surface area contributed by atoms with E-state index in [1.165, 1.54) is 0 Å². The molecule has 2 aromatic carbocycles. The van der Waals surface area contributed by atoms with Crippen molar-refractivity contribution in [2.75, 3.05) is 25.0 Å². The first kappa shape index (κ1) is 24.2. The molecule has 0 bridgehead atoms. The molecule has 8 heteroatoms. The second-order valence-corrected chi connectivity index (χ2v) is 8.97. The Bertz CT molecular complexity index is 975. The lowest BCUT2D eigenvalue weighted by Crippen LogP contribution is -2.36. The number of hydrogen-bond donors (Lipinski definition) is 2. The normalized spacial score (nSPS) is 13.8. The number of halogens is 1. The van der Waals surface area contributed by atoms with Crippen LogP contribution in [0.2, 0.25) is 0 Å². The van der Waals surface area contributed by atoms with Gasteiger partial charge in [-0.1, -0.05) is 47.8 Å². The van der Waals surface area contributed by atoms with Crippen LogP contribution in [0.25, 0.3) is 0 Å². The highest BCUT2D eigenvalue weighted by Gasteiger charge is 2.21. The molecule has 3 rings (SSSR count). The number of nitrogens with one attached hydrogen (secondary N) is 2. The Labute approximate surface area is 202 Å². The van der Waals surface area contributed by atoms with Gasteiger partial charge >= 0.3 is 0 Å². The molecule has 1 saturated heterocycles. The van der Waals surface area contributed by atoms with Gasteiger partial charge in [0.05, 0.1) is 23.4 Å². The number of hydrogen-bond acceptors (Lipinski definition) is 4. The fraction of sp³-hybridized carbons (Fsp3) is 0.375. The summed E-state index contributed by atoms with van der Waals surface area (Å²) in [4.78, 5) is 27.9. The minimum atomic E-state index is -0.383. The number of anilines is 1. The number of amides is 2. The van der Waals surface area contributed by atoms with Crippen LogP contribution < -0.4 is 15.4 Å². The van der Waals surface area contributed by atoms with Crippen molar-refractivity contribution in [3.8, 4) is 5.75 Å². The number of rotatable bonds is 6. The van der Waals surface area contributed by atoms with Crippen molar-refractivity contribution in [3.05, 3.63) is 58.1 Å². The molecule has 0 unspecified atom stereocenters. The van der Waals surface area contributed by atoms with Crippen LogP contribution in [-0.4, -0.2) is 41.5 Å². The SMILES string of the molecule is CCCOc1ccc(Br)cc1C(=O)NC(=S)Nc1ccccc1C(=O)N1CCCCCC1. The van der Waals surface area contributed by atoms with Crippen molar-refractivity contribution < 1.29 is 14.3 Å². The predicted octanol–water partition coefficient (Wildman–Crippen LogP) is 5.38. The van der Waals surface area contributed by atoms with Crippen LogP contribution in [0.3, 0.4) is 0 Å². The van der Waals surface area contributed by atoms with Gasteiger partial charge in [-0.05, 0) is 61.8 Å². The number of thiocarbonyl (C=S) groups is 1. The van der Waals surface area contributed by atoms with Crippen LogP contribution in [0.15, 0.2) is 46.9 Å². The van der Waals surface area contributed by atoms with Gasteiger partial charge in [-0.15, -0.1) is 0 Å². The Hall–Kier alpha value is -2.45. The molecule has 1 heterocycles. The fourth-order valence-electron chi connectivity index (χ4n) is 3.56. The average Bonchev–Trinajstić information content (AvgIpc) is 3.07. The molecule has 1 aliphatic heterocycles. The van der Waals surface area contributed by atoms with Gasteiger partial charge in [-0.3, -0.25) is 14.9 Å². The predicted molar refractivity (Wildman–Crippen MR) is 134 cm³/mol. The third-order valence-corrected chi connectivity index (χ3v) is 5.87. The number of ether oxygens (including phenoxy) is 1. The summed E-state index contributed by atoms with van der Waals surface area (Å²) < 4.78 is 6.46. The summed E-state index contributed by atoms with van der Waals surface area (Å²) in [5.41, 5.74) is 1.50. The summed E-state index contributed by atoms with van der Waals surface area (Å²) in [5, 5.41) is 5.84. The summed E-state index contributed by atoms with van der Waals surface area (Å²) in [6.45, 7) is 4.04. The molecule has 0 aliphatic carbocycles. The second-order valence-electron chi connectivity index (χ2n) is 7.65. The zero-order valence-electron chi connectivity index (χ0n) is 18.2. The Balaban J connectivity index is 1.71. The van der Waals surface area contributed by atoms with Crippen molar-refractivity contribution in [1.29, 1.82) is 0 Å². The molecule has 1 aliphatic rings. The van der Waals surface area contributed by atoms with Crippen LogP contribution in [0.4, 0.5) is 5.69 Å². The van der Waals surface area contributed by atoms with Crippen LogP contribution in [0, 0.1) is 0 Å². The van der Waals surface area contributed by atoms with E-state index in [9.17, 15) is 9.59 Å². The van der Waals surface area contributed by atoms with Crippen LogP contribution in [0.1, 0.15) is 59.7 Å². The minimum absolute atomic E-state index is 0.0219. The quantitative estimate of drug-likeness (QED) is 0.503. The highest BCUT2D eigenvalue weighted by Crippen LogP contribution is 2.24. The van der Waals surface area contributed by atoms with Crippen molar-refractivity contribution in [3.63, 3.8) is 0 Å². The Morgan fingerprint density at radius 1 is 1.06 bits per heavy atom. The summed E-state index contributed by atoms with van der Waals surface area (Å²) in [5.74, 6) is 0.0877. The maximum absolute atomic E-state index is 13.1. The monoisotopic (exact) mass is 517 g/mol. The van der Waals surface area contributed by atoms with Gasteiger partial charge in [0.2, 0.25) is 0 Å². The standard InChI is InChI=1S/C24H28BrN3O3S/c1-2-15-31-21-12-11-17(25)16-19(21)22(29)27-24(32)26-20-10-6-5-9-18(20)23(30)28-13-7-3-4-8-14-28/h5-6,9-12,16H,2-4,7-8,13-15H2,1H3,(H2,26,27,29,32). The van der Waals surface area contributed by atoms with Gasteiger partial charge < -0.3 is 15.0 Å². The first-order valence-corrected chi connectivity index (χ1v) is 12.1. The van der Waals surface area contributed by atoms with Crippen LogP contribution in [-0.2, 0) is 0 Å². The van der Waals surface area contributed by atoms with E-state index in [-0.39, 0.29) is 16.9 Å². The molecular weight excluding hydrogens is 490 g/mol. The van der Waals surface area contributed by atoms with Crippen LogP contribution in [0.5, 0.6) is 5.75 Å². The Kier molecular flexibility index (Phi) is 9.05. The molecule has 32 heavy (non-hydrogen) atoms. The Morgan fingerprint density at radius 2 is 1.78 bits per heavy atom. The van der Waals surface area contributed by atoms with E-state index < -0.39 is 0 Å². The number of nitrogens with zero attached hydrogens (tertiary/aromatic N) is 1. The van der Waals surface area contributed by atoms with Gasteiger partial charge in [0.25, 0.3) is 11.8 Å². The number of para-hydroxylation sites is 1. The van der Waals surface area contributed by atoms with E-state index in [4.69, 9.17) is 17.0 Å². The lowest BCUT2D eigenvalue weighted by atomic mass is 10.1. The molecule has 0 atom stereocenters. The highest BCUT2D eigenvalue weighted by molar-refractivity contribution is 9.10. The molecule has 2 amide bonds. The van der Waals surface area contributed by atoms with Crippen molar-refractivity contribution in [1.82, 2.24) is 10.2 Å². The zero-order chi connectivity index (χ0) is 22.9. The summed E-state index contributed by atoms with van der Waals surface area (Å²) in [7, 11) is 0. The smallest absolute Gasteiger partial charge is 0.261 e. The second kappa shape index (κ2) is 12.0. The number of benzene rings is 2. The summed E-state index contributed by atoms with van der Waals surface area (Å²) >= 11 is 8.78. The number of carbonyl (C=O) groups is 2. The van der Waals surface area contributed by atoms with E-state index in [0.717, 1.165) is 49.7 Å². The number of likely N-dealkylation sites (tertiary alicyclic amines) is 1. The van der Waals surface area contributed by atoms with Gasteiger partial charge in [-0.2, -0.15) is 0 Å². The molecule has 170 valence electrons. The molecule has 2 aromatic rings. The third-order valence-electron chi connectivity index (χ3n) is 5.17. The zero-order valence-corrected chi connectivity index (χ0v) is 20.6. The molecule has 0 aromatic heterocycles. The topological polar surface area (TPSA) is 70.7 Å². The molecular formula is C24H28BrN3O3S. The maximum Gasteiger partial charge on any atom is 0.261 e. The summed E-state index contributed by atoms with van der Waals surface area (Å²) in [6, 6.07) is 12.5. The third kappa shape index (κ3) is 6.53. The summed E-state index contributed by atoms with van der Waals surface area (Å²) in [6.07, 6.45) is 5.17. The molecule has 2 N–H and O–H groups in total. The van der Waals surface area contributed by atoms with Gasteiger partial charge in [-0.25, -0.2) is 0 Å². The molecule has 1 fully saturated rings. The van der Waals surface area contributed by atoms with Gasteiger partial charge in [0, 0.05) is 17.6 Å². The average molecular weight is 518 g/mol. The van der Waals surface area contributed by atoms with E-state index in [0.29, 0.717) is 29.2 Å². The lowest BCUT2D eigenvalue weighted by molar-refractivity contribution is 0.0762. The fourth-order valence-corrected chi connectivity index (χ4v) is 4.13. The van der Waals surface area contributed by atoms with E-state index in [2.05, 4.69) is 26.6 Å². The molecule has 6 nitrogen and oxygen atoms in total. The molecule has 0 spiro atoms. The molecule has 0 saturated carbocycles. The lowest BCUT2D eigenvalue weighted by Gasteiger charge is -2.22. The molecule has 0 radical (unpaired) electrons.